The standard InChI is InChI=1S/C24H39BrO2Si/c1-23-12-10-17(27-28(3,4)5)14-16(23)6-7-18-19-8-9-21(22(26)15-25)24(19,2)13-11-20(18)23/h6,17-21H,7-15H2,1-5H3/t17-,18?,19?,20?,21+,23-,24-/m0/s1. The number of alkyl halides is 1. The van der Waals surface area contributed by atoms with E-state index in [1.54, 1.807) is 5.57 Å². The van der Waals surface area contributed by atoms with E-state index in [9.17, 15) is 4.79 Å². The van der Waals surface area contributed by atoms with Crippen molar-refractivity contribution in [3.05, 3.63) is 11.6 Å². The molecule has 0 aromatic rings. The number of carbonyl (C=O) groups excluding carboxylic acids is 1. The summed E-state index contributed by atoms with van der Waals surface area (Å²) in [4.78, 5) is 12.6. The van der Waals surface area contributed by atoms with E-state index in [0.29, 0.717) is 22.6 Å². The molecule has 0 amide bonds. The largest absolute Gasteiger partial charge is 0.414 e. The number of hydrogen-bond acceptors (Lipinski definition) is 2. The van der Waals surface area contributed by atoms with Crippen LogP contribution in [-0.2, 0) is 9.22 Å². The molecule has 3 fully saturated rings. The number of Topliss-reactive ketones (excluding diaryl/α,β-unsaturated/α-hetero) is 1. The van der Waals surface area contributed by atoms with Crippen LogP contribution in [0.1, 0.15) is 65.2 Å². The summed E-state index contributed by atoms with van der Waals surface area (Å²) in [6.07, 6.45) is 12.9. The normalized spacial score (nSPS) is 45.6. The Morgan fingerprint density at radius 2 is 1.89 bits per heavy atom. The minimum Gasteiger partial charge on any atom is -0.414 e. The molecule has 3 saturated carbocycles. The minimum absolute atomic E-state index is 0.242. The zero-order valence-electron chi connectivity index (χ0n) is 18.5. The molecular formula is C24H39BrO2Si. The third-order valence-electron chi connectivity index (χ3n) is 9.10. The number of fused-ring (bicyclic) bond motifs is 5. The SMILES string of the molecule is C[C@]12CC[C@H](O[Si](C)(C)C)CC1=CCC1C2CC[C@@]2(C)C1CC[C@@H]2C(=O)CBr. The fraction of sp³-hybridized carbons (Fsp3) is 0.875. The molecule has 0 aromatic carbocycles. The van der Waals surface area contributed by atoms with Gasteiger partial charge < -0.3 is 4.43 Å². The Bertz CT molecular complexity index is 668. The first-order valence-corrected chi connectivity index (χ1v) is 16.1. The highest BCUT2D eigenvalue weighted by atomic mass is 79.9. The summed E-state index contributed by atoms with van der Waals surface area (Å²) in [6.45, 7) is 12.0. The minimum atomic E-state index is -1.47. The maximum absolute atomic E-state index is 12.6. The maximum atomic E-state index is 12.6. The molecule has 0 heterocycles. The highest BCUT2D eigenvalue weighted by Gasteiger charge is 2.59. The lowest BCUT2D eigenvalue weighted by molar-refractivity contribution is -0.126. The van der Waals surface area contributed by atoms with Gasteiger partial charge in [0, 0.05) is 12.0 Å². The highest BCUT2D eigenvalue weighted by molar-refractivity contribution is 9.09. The summed E-state index contributed by atoms with van der Waals surface area (Å²) in [5, 5.41) is 0.536. The lowest BCUT2D eigenvalue weighted by atomic mass is 9.47. The second-order valence-corrected chi connectivity index (χ2v) is 16.6. The third-order valence-corrected chi connectivity index (χ3v) is 10.7. The van der Waals surface area contributed by atoms with E-state index >= 15 is 0 Å². The van der Waals surface area contributed by atoms with Gasteiger partial charge in [-0.3, -0.25) is 4.79 Å². The molecule has 0 aromatic heterocycles. The van der Waals surface area contributed by atoms with Crippen LogP contribution in [-0.4, -0.2) is 25.5 Å². The van der Waals surface area contributed by atoms with Crippen LogP contribution in [0.4, 0.5) is 0 Å². The number of ketones is 1. The second-order valence-electron chi connectivity index (χ2n) is 11.6. The van der Waals surface area contributed by atoms with Crippen molar-refractivity contribution in [3.8, 4) is 0 Å². The predicted octanol–water partition coefficient (Wildman–Crippen LogP) is 6.75. The molecular weight excluding hydrogens is 428 g/mol. The van der Waals surface area contributed by atoms with E-state index in [0.717, 1.165) is 30.6 Å². The van der Waals surface area contributed by atoms with E-state index in [4.69, 9.17) is 4.43 Å². The molecule has 2 nitrogen and oxygen atoms in total. The van der Waals surface area contributed by atoms with Gasteiger partial charge in [-0.1, -0.05) is 41.4 Å². The van der Waals surface area contributed by atoms with Crippen LogP contribution in [0.3, 0.4) is 0 Å². The average Bonchev–Trinajstić information content (AvgIpc) is 2.97. The zero-order valence-corrected chi connectivity index (χ0v) is 21.1. The van der Waals surface area contributed by atoms with Crippen molar-refractivity contribution in [3.63, 3.8) is 0 Å². The van der Waals surface area contributed by atoms with Crippen molar-refractivity contribution in [2.75, 3.05) is 5.33 Å². The third kappa shape index (κ3) is 3.43. The Balaban J connectivity index is 1.56. The van der Waals surface area contributed by atoms with Crippen molar-refractivity contribution < 1.29 is 9.22 Å². The van der Waals surface area contributed by atoms with E-state index in [1.165, 1.54) is 38.5 Å². The number of rotatable bonds is 4. The van der Waals surface area contributed by atoms with Crippen LogP contribution in [0.15, 0.2) is 11.6 Å². The molecule has 4 aliphatic carbocycles. The molecule has 0 N–H and O–H groups in total. The molecule has 0 bridgehead atoms. The predicted molar refractivity (Wildman–Crippen MR) is 122 cm³/mol. The van der Waals surface area contributed by atoms with Crippen molar-refractivity contribution >= 4 is 30.0 Å². The summed E-state index contributed by atoms with van der Waals surface area (Å²) >= 11 is 3.45. The van der Waals surface area contributed by atoms with Gasteiger partial charge in [-0.05, 0) is 99.6 Å². The summed E-state index contributed by atoms with van der Waals surface area (Å²) in [5.41, 5.74) is 2.32. The first-order valence-electron chi connectivity index (χ1n) is 11.5. The first-order chi connectivity index (χ1) is 13.1. The van der Waals surface area contributed by atoms with Gasteiger partial charge >= 0.3 is 0 Å². The van der Waals surface area contributed by atoms with Gasteiger partial charge in [-0.2, -0.15) is 0 Å². The molecule has 28 heavy (non-hydrogen) atoms. The fourth-order valence-corrected chi connectivity index (χ4v) is 9.44. The van der Waals surface area contributed by atoms with Crippen LogP contribution in [0, 0.1) is 34.5 Å². The molecule has 0 aliphatic heterocycles. The summed E-state index contributed by atoms with van der Waals surface area (Å²) in [5.74, 6) is 3.08. The van der Waals surface area contributed by atoms with Gasteiger partial charge in [0.25, 0.3) is 0 Å². The highest BCUT2D eigenvalue weighted by Crippen LogP contribution is 2.66. The molecule has 4 heteroatoms. The smallest absolute Gasteiger partial charge is 0.184 e. The summed E-state index contributed by atoms with van der Waals surface area (Å²) in [6, 6.07) is 0. The van der Waals surface area contributed by atoms with Crippen LogP contribution in [0.25, 0.3) is 0 Å². The van der Waals surface area contributed by atoms with Crippen molar-refractivity contribution in [1.82, 2.24) is 0 Å². The van der Waals surface area contributed by atoms with Gasteiger partial charge in [0.15, 0.2) is 8.32 Å². The molecule has 0 saturated heterocycles. The van der Waals surface area contributed by atoms with Crippen molar-refractivity contribution in [2.45, 2.75) is 91.0 Å². The molecule has 4 aliphatic rings. The second kappa shape index (κ2) is 7.34. The maximum Gasteiger partial charge on any atom is 0.184 e. The molecule has 0 radical (unpaired) electrons. The van der Waals surface area contributed by atoms with Crippen LogP contribution in [0.5, 0.6) is 0 Å². The van der Waals surface area contributed by atoms with Crippen LogP contribution < -0.4 is 0 Å². The van der Waals surface area contributed by atoms with E-state index in [1.807, 2.05) is 0 Å². The Morgan fingerprint density at radius 3 is 2.57 bits per heavy atom. The number of carbonyl (C=O) groups is 1. The number of hydrogen-bond donors (Lipinski definition) is 0. The Morgan fingerprint density at radius 1 is 1.14 bits per heavy atom. The molecule has 0 spiro atoms. The van der Waals surface area contributed by atoms with Crippen LogP contribution in [0.2, 0.25) is 19.6 Å². The Hall–Kier alpha value is 0.0669. The van der Waals surface area contributed by atoms with Gasteiger partial charge in [0.2, 0.25) is 0 Å². The van der Waals surface area contributed by atoms with Crippen molar-refractivity contribution in [2.24, 2.45) is 34.5 Å². The quantitative estimate of drug-likeness (QED) is 0.260. The Labute approximate surface area is 181 Å². The molecule has 158 valence electrons. The zero-order chi connectivity index (χ0) is 20.3. The average molecular weight is 468 g/mol. The first kappa shape index (κ1) is 21.3. The fourth-order valence-electron chi connectivity index (χ4n) is 7.85. The summed E-state index contributed by atoms with van der Waals surface area (Å²) in [7, 11) is -1.47. The molecule has 7 atom stereocenters. The monoisotopic (exact) mass is 466 g/mol. The van der Waals surface area contributed by atoms with Gasteiger partial charge in [0.05, 0.1) is 5.33 Å². The lowest BCUT2D eigenvalue weighted by Crippen LogP contribution is -2.51. The number of allylic oxidation sites excluding steroid dienone is 1. The van der Waals surface area contributed by atoms with E-state index in [2.05, 4.69) is 55.5 Å². The lowest BCUT2D eigenvalue weighted by Gasteiger charge is -2.58. The van der Waals surface area contributed by atoms with Crippen LogP contribution >= 0.6 is 15.9 Å². The molecule has 4 rings (SSSR count). The topological polar surface area (TPSA) is 26.3 Å². The van der Waals surface area contributed by atoms with E-state index in [-0.39, 0.29) is 11.3 Å². The summed E-state index contributed by atoms with van der Waals surface area (Å²) < 4.78 is 6.50. The van der Waals surface area contributed by atoms with E-state index < -0.39 is 8.32 Å². The van der Waals surface area contributed by atoms with Crippen molar-refractivity contribution in [1.29, 1.82) is 0 Å². The Kier molecular flexibility index (Phi) is 5.58. The molecule has 3 unspecified atom stereocenters. The van der Waals surface area contributed by atoms with Gasteiger partial charge in [-0.25, -0.2) is 0 Å². The number of halogens is 1. The van der Waals surface area contributed by atoms with Gasteiger partial charge in [0.1, 0.15) is 5.78 Å². The van der Waals surface area contributed by atoms with Gasteiger partial charge in [-0.15, -0.1) is 0 Å².